The number of halogens is 1. The molecule has 0 radical (unpaired) electrons. The molecule has 1 heterocycles. The van der Waals surface area contributed by atoms with Crippen molar-refractivity contribution >= 4 is 18.5 Å². The molecule has 1 fully saturated rings. The van der Waals surface area contributed by atoms with E-state index in [0.29, 0.717) is 13.1 Å². The van der Waals surface area contributed by atoms with Gasteiger partial charge in [0.25, 0.3) is 0 Å². The second kappa shape index (κ2) is 5.53. The van der Waals surface area contributed by atoms with E-state index in [2.05, 4.69) is 10.6 Å². The summed E-state index contributed by atoms with van der Waals surface area (Å²) >= 11 is 0. The van der Waals surface area contributed by atoms with Gasteiger partial charge < -0.3 is 20.5 Å². The molecule has 15 heavy (non-hydrogen) atoms. The minimum Gasteiger partial charge on any atom is -0.444 e. The highest BCUT2D eigenvalue weighted by atomic mass is 35.5. The van der Waals surface area contributed by atoms with Crippen LogP contribution in [0.25, 0.3) is 0 Å². The lowest BCUT2D eigenvalue weighted by Gasteiger charge is -2.22. The molecule has 0 bridgehead atoms. The number of β-amino-alcohol motifs (C(OH)–C–C–N with tert-alkyl or cyclic N) is 1. The molecule has 0 aromatic rings. The Kier molecular flexibility index (Phi) is 5.34. The van der Waals surface area contributed by atoms with E-state index in [-0.39, 0.29) is 18.4 Å². The van der Waals surface area contributed by atoms with Gasteiger partial charge in [0.2, 0.25) is 0 Å². The Morgan fingerprint density at radius 1 is 1.47 bits per heavy atom. The number of carbonyl (C=O) groups is 1. The first-order valence-electron chi connectivity index (χ1n) is 4.77. The van der Waals surface area contributed by atoms with E-state index in [1.54, 1.807) is 20.8 Å². The minimum absolute atomic E-state index is 0. The third-order valence-electron chi connectivity index (χ3n) is 1.88. The summed E-state index contributed by atoms with van der Waals surface area (Å²) in [4.78, 5) is 11.3. The summed E-state index contributed by atoms with van der Waals surface area (Å²) in [6.45, 7) is 6.50. The summed E-state index contributed by atoms with van der Waals surface area (Å²) in [6.07, 6.45) is -1.01. The molecular formula is C9H19ClN2O3. The average Bonchev–Trinajstić information content (AvgIpc) is 2.32. The Bertz CT molecular complexity index is 218. The first kappa shape index (κ1) is 14.5. The van der Waals surface area contributed by atoms with Gasteiger partial charge in [0, 0.05) is 13.1 Å². The second-order valence-electron chi connectivity index (χ2n) is 4.48. The van der Waals surface area contributed by atoms with Crippen LogP contribution in [0.5, 0.6) is 0 Å². The number of hydrogen-bond donors (Lipinski definition) is 3. The van der Waals surface area contributed by atoms with Crippen molar-refractivity contribution < 1.29 is 14.6 Å². The van der Waals surface area contributed by atoms with Crippen LogP contribution in [0.15, 0.2) is 0 Å². The van der Waals surface area contributed by atoms with Gasteiger partial charge in [0.05, 0.1) is 12.1 Å². The van der Waals surface area contributed by atoms with E-state index in [1.807, 2.05) is 0 Å². The lowest BCUT2D eigenvalue weighted by Crippen LogP contribution is -2.45. The lowest BCUT2D eigenvalue weighted by molar-refractivity contribution is 0.0461. The van der Waals surface area contributed by atoms with Gasteiger partial charge in [-0.25, -0.2) is 4.79 Å². The lowest BCUT2D eigenvalue weighted by atomic mass is 10.2. The van der Waals surface area contributed by atoms with Gasteiger partial charge in [-0.05, 0) is 20.8 Å². The van der Waals surface area contributed by atoms with Crippen LogP contribution < -0.4 is 10.6 Å². The van der Waals surface area contributed by atoms with Crippen LogP contribution in [0.3, 0.4) is 0 Å². The summed E-state index contributed by atoms with van der Waals surface area (Å²) in [6, 6.07) is -0.246. The summed E-state index contributed by atoms with van der Waals surface area (Å²) in [5.41, 5.74) is -0.499. The SMILES string of the molecule is CC(C)(C)OC(=O)N[C@@H]1CNC[C@H]1O.Cl. The number of carbonyl (C=O) groups excluding carboxylic acids is 1. The highest BCUT2D eigenvalue weighted by molar-refractivity contribution is 5.85. The predicted molar refractivity (Wildman–Crippen MR) is 59.3 cm³/mol. The molecule has 2 atom stereocenters. The molecule has 6 heteroatoms. The molecule has 90 valence electrons. The third-order valence-corrected chi connectivity index (χ3v) is 1.88. The zero-order valence-corrected chi connectivity index (χ0v) is 10.1. The zero-order valence-electron chi connectivity index (χ0n) is 9.24. The smallest absolute Gasteiger partial charge is 0.408 e. The van der Waals surface area contributed by atoms with Crippen LogP contribution in [0, 0.1) is 0 Å². The van der Waals surface area contributed by atoms with Gasteiger partial charge in [0.1, 0.15) is 5.60 Å². The largest absolute Gasteiger partial charge is 0.444 e. The topological polar surface area (TPSA) is 70.6 Å². The quantitative estimate of drug-likeness (QED) is 0.613. The van der Waals surface area contributed by atoms with Gasteiger partial charge in [-0.15, -0.1) is 12.4 Å². The summed E-state index contributed by atoms with van der Waals surface area (Å²) < 4.78 is 5.06. The number of ether oxygens (including phenoxy) is 1. The van der Waals surface area contributed by atoms with E-state index in [0.717, 1.165) is 0 Å². The van der Waals surface area contributed by atoms with E-state index >= 15 is 0 Å². The normalized spacial score (nSPS) is 25.6. The summed E-state index contributed by atoms with van der Waals surface area (Å²) in [7, 11) is 0. The molecule has 1 aliphatic heterocycles. The molecule has 1 amide bonds. The van der Waals surface area contributed by atoms with Crippen LogP contribution in [0.1, 0.15) is 20.8 Å². The molecule has 0 saturated carbocycles. The number of alkyl carbamates (subject to hydrolysis) is 1. The van der Waals surface area contributed by atoms with Gasteiger partial charge in [-0.2, -0.15) is 0 Å². The first-order chi connectivity index (χ1) is 6.38. The Labute approximate surface area is 96.0 Å². The van der Waals surface area contributed by atoms with E-state index in [4.69, 9.17) is 4.74 Å². The molecule has 1 rings (SSSR count). The van der Waals surface area contributed by atoms with Crippen molar-refractivity contribution in [2.24, 2.45) is 0 Å². The molecule has 1 saturated heterocycles. The highest BCUT2D eigenvalue weighted by Gasteiger charge is 2.28. The van der Waals surface area contributed by atoms with Crippen molar-refractivity contribution in [1.29, 1.82) is 0 Å². The fourth-order valence-corrected chi connectivity index (χ4v) is 1.27. The maximum Gasteiger partial charge on any atom is 0.408 e. The monoisotopic (exact) mass is 238 g/mol. The zero-order chi connectivity index (χ0) is 10.8. The fourth-order valence-electron chi connectivity index (χ4n) is 1.27. The maximum atomic E-state index is 11.3. The Hall–Kier alpha value is -0.520. The molecule has 5 nitrogen and oxygen atoms in total. The van der Waals surface area contributed by atoms with Crippen LogP contribution in [-0.2, 0) is 4.74 Å². The number of rotatable bonds is 1. The van der Waals surface area contributed by atoms with Gasteiger partial charge in [-0.1, -0.05) is 0 Å². The molecule has 0 aromatic carbocycles. The minimum atomic E-state index is -0.525. The average molecular weight is 239 g/mol. The number of nitrogens with one attached hydrogen (secondary N) is 2. The summed E-state index contributed by atoms with van der Waals surface area (Å²) in [5, 5.41) is 15.0. The second-order valence-corrected chi connectivity index (χ2v) is 4.48. The van der Waals surface area contributed by atoms with Crippen LogP contribution in [0.2, 0.25) is 0 Å². The number of hydrogen-bond acceptors (Lipinski definition) is 4. The molecule has 3 N–H and O–H groups in total. The standard InChI is InChI=1S/C9H18N2O3.ClH/c1-9(2,3)14-8(13)11-6-4-10-5-7(6)12;/h6-7,10,12H,4-5H2,1-3H3,(H,11,13);1H/t6-,7-;/m1./s1. The Morgan fingerprint density at radius 2 is 2.07 bits per heavy atom. The Balaban J connectivity index is 0.00000196. The van der Waals surface area contributed by atoms with Gasteiger partial charge >= 0.3 is 6.09 Å². The van der Waals surface area contributed by atoms with Crippen molar-refractivity contribution in [3.05, 3.63) is 0 Å². The van der Waals surface area contributed by atoms with E-state index in [9.17, 15) is 9.90 Å². The third kappa shape index (κ3) is 5.20. The molecule has 1 aliphatic rings. The van der Waals surface area contributed by atoms with Crippen molar-refractivity contribution in [3.63, 3.8) is 0 Å². The van der Waals surface area contributed by atoms with Crippen LogP contribution >= 0.6 is 12.4 Å². The van der Waals surface area contributed by atoms with Crippen molar-refractivity contribution in [2.75, 3.05) is 13.1 Å². The fraction of sp³-hybridized carbons (Fsp3) is 0.889. The summed E-state index contributed by atoms with van der Waals surface area (Å²) in [5.74, 6) is 0. The number of aliphatic hydroxyl groups excluding tert-OH is 1. The van der Waals surface area contributed by atoms with Crippen LogP contribution in [-0.4, -0.2) is 42.0 Å². The molecule has 0 spiro atoms. The van der Waals surface area contributed by atoms with Gasteiger partial charge in [0.15, 0.2) is 0 Å². The Morgan fingerprint density at radius 3 is 2.47 bits per heavy atom. The van der Waals surface area contributed by atoms with E-state index in [1.165, 1.54) is 0 Å². The maximum absolute atomic E-state index is 11.3. The van der Waals surface area contributed by atoms with Gasteiger partial charge in [-0.3, -0.25) is 0 Å². The molecule has 0 aliphatic carbocycles. The number of amides is 1. The highest BCUT2D eigenvalue weighted by Crippen LogP contribution is 2.07. The van der Waals surface area contributed by atoms with Crippen LogP contribution in [0.4, 0.5) is 4.79 Å². The molecule has 0 aromatic heterocycles. The number of aliphatic hydroxyl groups is 1. The predicted octanol–water partition coefficient (Wildman–Crippen LogP) is 0.266. The first-order valence-corrected chi connectivity index (χ1v) is 4.77. The molecule has 0 unspecified atom stereocenters. The molecular weight excluding hydrogens is 220 g/mol. The van der Waals surface area contributed by atoms with Crippen molar-refractivity contribution in [2.45, 2.75) is 38.5 Å². The van der Waals surface area contributed by atoms with Crippen molar-refractivity contribution in [1.82, 2.24) is 10.6 Å². The van der Waals surface area contributed by atoms with E-state index < -0.39 is 17.8 Å². The van der Waals surface area contributed by atoms with Crippen molar-refractivity contribution in [3.8, 4) is 0 Å².